The van der Waals surface area contributed by atoms with E-state index in [1.807, 2.05) is 20.8 Å². The quantitative estimate of drug-likeness (QED) is 0.885. The molecule has 0 unspecified atom stereocenters. The number of nitrogens with zero attached hydrogens (tertiary/aromatic N) is 1. The molecule has 5 heteroatoms. The van der Waals surface area contributed by atoms with Crippen molar-refractivity contribution < 1.29 is 14.3 Å². The van der Waals surface area contributed by atoms with E-state index in [1.54, 1.807) is 6.07 Å². The van der Waals surface area contributed by atoms with Gasteiger partial charge < -0.3 is 15.2 Å². The van der Waals surface area contributed by atoms with Crippen LogP contribution in [0.4, 0.5) is 0 Å². The van der Waals surface area contributed by atoms with Crippen molar-refractivity contribution in [1.29, 1.82) is 0 Å². The number of carbonyl (C=O) groups is 1. The number of aromatic nitrogens is 1. The molecule has 0 aromatic carbocycles. The Balaban J connectivity index is 2.28. The lowest BCUT2D eigenvalue weighted by Gasteiger charge is -2.22. The highest BCUT2D eigenvalue weighted by atomic mass is 16.5. The standard InChI is InChI=1S/C13H18N2O3/c1-13(2,3)18-12-10(17-9-4-5-9)6-8(7-15-12)11(14)16/h6-7,9H,4-5H2,1-3H3,(H2,14,16). The Kier molecular flexibility index (Phi) is 3.15. The van der Waals surface area contributed by atoms with Gasteiger partial charge in [-0.25, -0.2) is 4.98 Å². The number of pyridine rings is 1. The van der Waals surface area contributed by atoms with Crippen LogP contribution in [0.25, 0.3) is 0 Å². The molecule has 1 aromatic rings. The first-order valence-electron chi connectivity index (χ1n) is 6.01. The summed E-state index contributed by atoms with van der Waals surface area (Å²) in [5.74, 6) is 0.369. The fraction of sp³-hybridized carbons (Fsp3) is 0.538. The van der Waals surface area contributed by atoms with Crippen molar-refractivity contribution in [1.82, 2.24) is 4.98 Å². The number of ether oxygens (including phenoxy) is 2. The number of amides is 1. The molecule has 1 saturated carbocycles. The van der Waals surface area contributed by atoms with Crippen LogP contribution in [0.3, 0.4) is 0 Å². The van der Waals surface area contributed by atoms with Gasteiger partial charge in [-0.1, -0.05) is 0 Å². The number of carbonyl (C=O) groups excluding carboxylic acids is 1. The summed E-state index contributed by atoms with van der Waals surface area (Å²) in [6, 6.07) is 1.59. The van der Waals surface area contributed by atoms with Gasteiger partial charge in [0.25, 0.3) is 5.88 Å². The summed E-state index contributed by atoms with van der Waals surface area (Å²) in [4.78, 5) is 15.3. The maximum Gasteiger partial charge on any atom is 0.257 e. The first-order chi connectivity index (χ1) is 8.35. The number of nitrogens with two attached hydrogens (primary N) is 1. The summed E-state index contributed by atoms with van der Waals surface area (Å²) in [5.41, 5.74) is 5.18. The Labute approximate surface area is 106 Å². The van der Waals surface area contributed by atoms with Gasteiger partial charge in [0, 0.05) is 12.3 Å². The molecule has 1 aromatic heterocycles. The Morgan fingerprint density at radius 2 is 2.11 bits per heavy atom. The molecule has 0 spiro atoms. The Morgan fingerprint density at radius 1 is 1.44 bits per heavy atom. The molecule has 2 N–H and O–H groups in total. The zero-order chi connectivity index (χ0) is 13.3. The summed E-state index contributed by atoms with van der Waals surface area (Å²) >= 11 is 0. The largest absolute Gasteiger partial charge is 0.485 e. The van der Waals surface area contributed by atoms with Gasteiger partial charge in [-0.2, -0.15) is 0 Å². The van der Waals surface area contributed by atoms with Crippen molar-refractivity contribution in [2.45, 2.75) is 45.3 Å². The van der Waals surface area contributed by atoms with Gasteiger partial charge in [-0.15, -0.1) is 0 Å². The minimum Gasteiger partial charge on any atom is -0.485 e. The van der Waals surface area contributed by atoms with Gasteiger partial charge in [0.1, 0.15) is 5.60 Å². The highest BCUT2D eigenvalue weighted by Gasteiger charge is 2.27. The van der Waals surface area contributed by atoms with Gasteiger partial charge in [-0.05, 0) is 33.6 Å². The average molecular weight is 250 g/mol. The predicted octanol–water partition coefficient (Wildman–Crippen LogP) is 1.90. The molecular weight excluding hydrogens is 232 g/mol. The molecule has 0 atom stereocenters. The van der Waals surface area contributed by atoms with E-state index in [9.17, 15) is 4.79 Å². The van der Waals surface area contributed by atoms with Crippen LogP contribution in [0.15, 0.2) is 12.3 Å². The summed E-state index contributed by atoms with van der Waals surface area (Å²) in [6.07, 6.45) is 3.66. The number of rotatable bonds is 4. The minimum atomic E-state index is -0.523. The van der Waals surface area contributed by atoms with Gasteiger partial charge in [0.05, 0.1) is 11.7 Å². The van der Waals surface area contributed by atoms with Crippen molar-refractivity contribution in [2.75, 3.05) is 0 Å². The number of hydrogen-bond donors (Lipinski definition) is 1. The summed E-state index contributed by atoms with van der Waals surface area (Å²) in [7, 11) is 0. The normalized spacial score (nSPS) is 15.3. The third kappa shape index (κ3) is 3.35. The smallest absolute Gasteiger partial charge is 0.257 e. The molecule has 0 bridgehead atoms. The number of primary amides is 1. The first-order valence-corrected chi connectivity index (χ1v) is 6.01. The third-order valence-electron chi connectivity index (χ3n) is 2.32. The molecule has 0 saturated heterocycles. The van der Waals surface area contributed by atoms with E-state index < -0.39 is 5.91 Å². The lowest BCUT2D eigenvalue weighted by molar-refractivity contribution is 0.0997. The van der Waals surface area contributed by atoms with E-state index in [2.05, 4.69) is 4.98 Å². The van der Waals surface area contributed by atoms with Gasteiger partial charge in [-0.3, -0.25) is 4.79 Å². The minimum absolute atomic E-state index is 0.206. The van der Waals surface area contributed by atoms with E-state index in [4.69, 9.17) is 15.2 Å². The van der Waals surface area contributed by atoms with Crippen LogP contribution in [-0.4, -0.2) is 22.6 Å². The van der Waals surface area contributed by atoms with Crippen LogP contribution in [-0.2, 0) is 0 Å². The van der Waals surface area contributed by atoms with Crippen LogP contribution in [0.1, 0.15) is 44.0 Å². The zero-order valence-corrected chi connectivity index (χ0v) is 10.9. The SMILES string of the molecule is CC(C)(C)Oc1ncc(C(N)=O)cc1OC1CC1. The zero-order valence-electron chi connectivity index (χ0n) is 10.9. The summed E-state index contributed by atoms with van der Waals surface area (Å²) < 4.78 is 11.4. The second kappa shape index (κ2) is 4.48. The van der Waals surface area contributed by atoms with E-state index in [1.165, 1.54) is 6.20 Å². The fourth-order valence-corrected chi connectivity index (χ4v) is 1.38. The summed E-state index contributed by atoms with van der Waals surface area (Å²) in [6.45, 7) is 5.78. The molecule has 5 nitrogen and oxygen atoms in total. The maximum absolute atomic E-state index is 11.1. The van der Waals surface area contributed by atoms with Gasteiger partial charge in [0.15, 0.2) is 5.75 Å². The molecule has 18 heavy (non-hydrogen) atoms. The monoisotopic (exact) mass is 250 g/mol. The van der Waals surface area contributed by atoms with E-state index in [0.29, 0.717) is 17.2 Å². The molecule has 0 radical (unpaired) electrons. The van der Waals surface area contributed by atoms with E-state index in [-0.39, 0.29) is 11.7 Å². The van der Waals surface area contributed by atoms with Crippen LogP contribution in [0.5, 0.6) is 11.6 Å². The second-order valence-electron chi connectivity index (χ2n) is 5.42. The molecule has 1 aliphatic carbocycles. The van der Waals surface area contributed by atoms with Gasteiger partial charge >= 0.3 is 0 Å². The van der Waals surface area contributed by atoms with Crippen molar-refractivity contribution in [3.63, 3.8) is 0 Å². The van der Waals surface area contributed by atoms with Gasteiger partial charge in [0.2, 0.25) is 5.91 Å². The molecule has 2 rings (SSSR count). The third-order valence-corrected chi connectivity index (χ3v) is 2.32. The fourth-order valence-electron chi connectivity index (χ4n) is 1.38. The molecule has 1 amide bonds. The molecule has 1 fully saturated rings. The predicted molar refractivity (Wildman–Crippen MR) is 66.8 cm³/mol. The van der Waals surface area contributed by atoms with Crippen molar-refractivity contribution >= 4 is 5.91 Å². The Bertz CT molecular complexity index is 462. The Morgan fingerprint density at radius 3 is 2.61 bits per heavy atom. The molecule has 1 aliphatic rings. The second-order valence-corrected chi connectivity index (χ2v) is 5.42. The lowest BCUT2D eigenvalue weighted by Crippen LogP contribution is -2.24. The molecular formula is C13H18N2O3. The van der Waals surface area contributed by atoms with E-state index >= 15 is 0 Å². The van der Waals surface area contributed by atoms with Crippen molar-refractivity contribution in [3.05, 3.63) is 17.8 Å². The van der Waals surface area contributed by atoms with Crippen LogP contribution < -0.4 is 15.2 Å². The van der Waals surface area contributed by atoms with Crippen LogP contribution in [0.2, 0.25) is 0 Å². The van der Waals surface area contributed by atoms with Crippen LogP contribution >= 0.6 is 0 Å². The van der Waals surface area contributed by atoms with Crippen molar-refractivity contribution in [2.24, 2.45) is 5.73 Å². The molecule has 1 heterocycles. The first kappa shape index (κ1) is 12.7. The van der Waals surface area contributed by atoms with Crippen molar-refractivity contribution in [3.8, 4) is 11.6 Å². The average Bonchev–Trinajstić information content (AvgIpc) is 3.02. The molecule has 0 aliphatic heterocycles. The maximum atomic E-state index is 11.1. The molecule has 98 valence electrons. The highest BCUT2D eigenvalue weighted by Crippen LogP contribution is 2.34. The lowest BCUT2D eigenvalue weighted by atomic mass is 10.2. The summed E-state index contributed by atoms with van der Waals surface area (Å²) in [5, 5.41) is 0. The van der Waals surface area contributed by atoms with E-state index in [0.717, 1.165) is 12.8 Å². The Hall–Kier alpha value is -1.78. The number of hydrogen-bond acceptors (Lipinski definition) is 4. The topological polar surface area (TPSA) is 74.4 Å². The van der Waals surface area contributed by atoms with Crippen LogP contribution in [0, 0.1) is 0 Å². The highest BCUT2D eigenvalue weighted by molar-refractivity contribution is 5.93.